The summed E-state index contributed by atoms with van der Waals surface area (Å²) in [5.74, 6) is -0.579. The Morgan fingerprint density at radius 1 is 1.03 bits per heavy atom. The van der Waals surface area contributed by atoms with Crippen LogP contribution in [0, 0.1) is 13.8 Å². The van der Waals surface area contributed by atoms with Gasteiger partial charge in [-0.1, -0.05) is 12.1 Å². The Labute approximate surface area is 178 Å². The number of aryl methyl sites for hydroxylation is 2. The van der Waals surface area contributed by atoms with Gasteiger partial charge >= 0.3 is 5.97 Å². The summed E-state index contributed by atoms with van der Waals surface area (Å²) in [7, 11) is 1.44. The maximum atomic E-state index is 12.5. The first-order valence-electron chi connectivity index (χ1n) is 8.99. The molecule has 0 bridgehead atoms. The molecule has 8 heteroatoms. The molecular formula is C22H20N2O5S. The summed E-state index contributed by atoms with van der Waals surface area (Å²) < 4.78 is 10.9. The summed E-state index contributed by atoms with van der Waals surface area (Å²) in [5, 5.41) is 14.4. The van der Waals surface area contributed by atoms with E-state index in [1.165, 1.54) is 30.9 Å². The predicted molar refractivity (Wildman–Crippen MR) is 117 cm³/mol. The van der Waals surface area contributed by atoms with Gasteiger partial charge < -0.3 is 19.6 Å². The van der Waals surface area contributed by atoms with Crippen LogP contribution < -0.4 is 15.4 Å². The van der Waals surface area contributed by atoms with E-state index in [2.05, 4.69) is 10.6 Å². The minimum absolute atomic E-state index is 0.0232. The van der Waals surface area contributed by atoms with Crippen LogP contribution in [0.2, 0.25) is 0 Å². The second kappa shape index (κ2) is 8.79. The van der Waals surface area contributed by atoms with Crippen LogP contribution >= 0.6 is 12.2 Å². The van der Waals surface area contributed by atoms with Crippen molar-refractivity contribution in [1.82, 2.24) is 5.32 Å². The molecule has 0 atom stereocenters. The van der Waals surface area contributed by atoms with E-state index >= 15 is 0 Å². The summed E-state index contributed by atoms with van der Waals surface area (Å²) in [6.45, 7) is 4.03. The Morgan fingerprint density at radius 3 is 2.47 bits per heavy atom. The lowest BCUT2D eigenvalue weighted by Gasteiger charge is -2.13. The van der Waals surface area contributed by atoms with Crippen molar-refractivity contribution in [2.45, 2.75) is 13.8 Å². The molecular weight excluding hydrogens is 404 g/mol. The smallest absolute Gasteiger partial charge is 0.335 e. The Morgan fingerprint density at radius 2 is 1.80 bits per heavy atom. The number of furan rings is 1. The third kappa shape index (κ3) is 4.66. The molecule has 1 heterocycles. The van der Waals surface area contributed by atoms with Gasteiger partial charge in [-0.05, 0) is 73.6 Å². The summed E-state index contributed by atoms with van der Waals surface area (Å²) in [6.07, 6.45) is 0. The van der Waals surface area contributed by atoms with Crippen molar-refractivity contribution in [3.05, 3.63) is 71.0 Å². The number of methoxy groups -OCH3 is 1. The lowest BCUT2D eigenvalue weighted by molar-refractivity contribution is 0.0696. The van der Waals surface area contributed by atoms with Crippen molar-refractivity contribution in [2.24, 2.45) is 0 Å². The van der Waals surface area contributed by atoms with Crippen LogP contribution in [0.15, 0.2) is 52.9 Å². The number of thiocarbonyl (C=S) groups is 1. The molecule has 0 aliphatic rings. The van der Waals surface area contributed by atoms with Gasteiger partial charge in [0.05, 0.1) is 18.4 Å². The number of rotatable bonds is 5. The van der Waals surface area contributed by atoms with Crippen LogP contribution in [0.5, 0.6) is 5.75 Å². The predicted octanol–water partition coefficient (Wildman–Crippen LogP) is 4.40. The number of carbonyl (C=O) groups is 2. The highest BCUT2D eigenvalue weighted by Gasteiger charge is 2.16. The molecule has 2 aromatic carbocycles. The minimum atomic E-state index is -1.09. The normalized spacial score (nSPS) is 10.4. The quantitative estimate of drug-likeness (QED) is 0.522. The first-order valence-corrected chi connectivity index (χ1v) is 9.40. The van der Waals surface area contributed by atoms with Gasteiger partial charge in [0.1, 0.15) is 11.5 Å². The van der Waals surface area contributed by atoms with E-state index in [1.54, 1.807) is 12.1 Å². The molecule has 3 aromatic rings. The van der Waals surface area contributed by atoms with Crippen LogP contribution in [0.4, 0.5) is 5.69 Å². The van der Waals surface area contributed by atoms with Gasteiger partial charge in [0.25, 0.3) is 5.91 Å². The van der Waals surface area contributed by atoms with Gasteiger partial charge in [0.2, 0.25) is 0 Å². The number of aromatic carboxylic acids is 1. The highest BCUT2D eigenvalue weighted by molar-refractivity contribution is 7.80. The summed E-state index contributed by atoms with van der Waals surface area (Å²) in [6, 6.07) is 13.5. The monoisotopic (exact) mass is 424 g/mol. The number of amides is 1. The van der Waals surface area contributed by atoms with Gasteiger partial charge in [-0.3, -0.25) is 10.1 Å². The number of hydrogen-bond acceptors (Lipinski definition) is 5. The molecule has 0 radical (unpaired) electrons. The summed E-state index contributed by atoms with van der Waals surface area (Å²) in [5.41, 5.74) is 3.53. The zero-order valence-electron chi connectivity index (χ0n) is 16.6. The highest BCUT2D eigenvalue weighted by atomic mass is 32.1. The SMILES string of the molecule is COc1ccc(C(=O)O)cc1NC(=S)NC(=O)c1ccc(-c2ccc(C)c(C)c2)o1. The lowest BCUT2D eigenvalue weighted by atomic mass is 10.1. The molecule has 0 unspecified atom stereocenters. The average Bonchev–Trinajstić information content (AvgIpc) is 3.20. The van der Waals surface area contributed by atoms with E-state index in [1.807, 2.05) is 32.0 Å². The Kier molecular flexibility index (Phi) is 6.17. The fraction of sp³-hybridized carbons (Fsp3) is 0.136. The molecule has 154 valence electrons. The van der Waals surface area contributed by atoms with E-state index in [9.17, 15) is 9.59 Å². The van der Waals surface area contributed by atoms with Gasteiger partial charge in [-0.25, -0.2) is 4.79 Å². The van der Waals surface area contributed by atoms with Gasteiger partial charge in [0.15, 0.2) is 10.9 Å². The third-order valence-corrected chi connectivity index (χ3v) is 4.75. The van der Waals surface area contributed by atoms with Crippen molar-refractivity contribution in [2.75, 3.05) is 12.4 Å². The lowest BCUT2D eigenvalue weighted by Crippen LogP contribution is -2.34. The first kappa shape index (κ1) is 21.1. The molecule has 0 saturated heterocycles. The second-order valence-electron chi connectivity index (χ2n) is 6.59. The molecule has 1 aromatic heterocycles. The number of carboxylic acid groups (broad SMARTS) is 1. The zero-order valence-corrected chi connectivity index (χ0v) is 17.4. The molecule has 30 heavy (non-hydrogen) atoms. The number of benzene rings is 2. The van der Waals surface area contributed by atoms with Crippen molar-refractivity contribution < 1.29 is 23.8 Å². The molecule has 3 rings (SSSR count). The molecule has 7 nitrogen and oxygen atoms in total. The zero-order chi connectivity index (χ0) is 21.8. The van der Waals surface area contributed by atoms with Crippen LogP contribution in [0.3, 0.4) is 0 Å². The number of anilines is 1. The van der Waals surface area contributed by atoms with E-state index in [0.29, 0.717) is 17.2 Å². The Balaban J connectivity index is 1.71. The van der Waals surface area contributed by atoms with Crippen molar-refractivity contribution in [3.63, 3.8) is 0 Å². The maximum Gasteiger partial charge on any atom is 0.335 e. The summed E-state index contributed by atoms with van der Waals surface area (Å²) in [4.78, 5) is 23.7. The fourth-order valence-electron chi connectivity index (χ4n) is 2.77. The van der Waals surface area contributed by atoms with E-state index in [4.69, 9.17) is 26.5 Å². The van der Waals surface area contributed by atoms with Crippen molar-refractivity contribution in [3.8, 4) is 17.1 Å². The fourth-order valence-corrected chi connectivity index (χ4v) is 2.97. The number of hydrogen-bond donors (Lipinski definition) is 3. The molecule has 1 amide bonds. The van der Waals surface area contributed by atoms with Crippen LogP contribution in [-0.4, -0.2) is 29.2 Å². The topological polar surface area (TPSA) is 101 Å². The number of nitrogens with one attached hydrogen (secondary N) is 2. The number of carbonyl (C=O) groups excluding carboxylic acids is 1. The second-order valence-corrected chi connectivity index (χ2v) is 7.00. The molecule has 0 fully saturated rings. The number of carboxylic acids is 1. The molecule has 0 saturated carbocycles. The maximum absolute atomic E-state index is 12.5. The third-order valence-electron chi connectivity index (χ3n) is 4.54. The van der Waals surface area contributed by atoms with E-state index in [0.717, 1.165) is 11.1 Å². The average molecular weight is 424 g/mol. The van der Waals surface area contributed by atoms with Crippen LogP contribution in [-0.2, 0) is 0 Å². The molecule has 0 spiro atoms. The number of ether oxygens (including phenoxy) is 1. The molecule has 3 N–H and O–H groups in total. The first-order chi connectivity index (χ1) is 14.3. The van der Waals surface area contributed by atoms with Crippen LogP contribution in [0.25, 0.3) is 11.3 Å². The molecule has 0 aliphatic carbocycles. The van der Waals surface area contributed by atoms with Gasteiger partial charge in [0, 0.05) is 5.56 Å². The van der Waals surface area contributed by atoms with E-state index in [-0.39, 0.29) is 16.4 Å². The highest BCUT2D eigenvalue weighted by Crippen LogP contribution is 2.26. The Bertz CT molecular complexity index is 1140. The standard InChI is InChI=1S/C22H20N2O5S/c1-12-4-5-14(10-13(12)2)17-8-9-19(29-17)20(25)24-22(30)23-16-11-15(21(26)27)6-7-18(16)28-3/h4-11H,1-3H3,(H,26,27)(H2,23,24,25,30). The van der Waals surface area contributed by atoms with Crippen molar-refractivity contribution >= 4 is 34.9 Å². The Hall–Kier alpha value is -3.65. The van der Waals surface area contributed by atoms with Crippen molar-refractivity contribution in [1.29, 1.82) is 0 Å². The van der Waals surface area contributed by atoms with Crippen LogP contribution in [0.1, 0.15) is 32.0 Å². The summed E-state index contributed by atoms with van der Waals surface area (Å²) >= 11 is 5.17. The van der Waals surface area contributed by atoms with Gasteiger partial charge in [-0.15, -0.1) is 0 Å². The minimum Gasteiger partial charge on any atom is -0.495 e. The van der Waals surface area contributed by atoms with E-state index < -0.39 is 11.9 Å². The molecule has 0 aliphatic heterocycles. The largest absolute Gasteiger partial charge is 0.495 e. The van der Waals surface area contributed by atoms with Gasteiger partial charge in [-0.2, -0.15) is 0 Å².